The van der Waals surface area contributed by atoms with Crippen molar-refractivity contribution >= 4 is 5.91 Å². The molecule has 4 aromatic rings. The first-order valence-electron chi connectivity index (χ1n) is 9.65. The highest BCUT2D eigenvalue weighted by atomic mass is 16.5. The van der Waals surface area contributed by atoms with Crippen molar-refractivity contribution in [2.45, 2.75) is 12.6 Å². The summed E-state index contributed by atoms with van der Waals surface area (Å²) in [5, 5.41) is 27.7. The molecule has 0 saturated heterocycles. The first-order chi connectivity index (χ1) is 15.1. The molecular weight excluding hydrogens is 398 g/mol. The van der Waals surface area contributed by atoms with E-state index >= 15 is 0 Å². The number of benzene rings is 2. The number of furan rings is 1. The van der Waals surface area contributed by atoms with Gasteiger partial charge in [-0.15, -0.1) is 0 Å². The van der Waals surface area contributed by atoms with Gasteiger partial charge in [-0.2, -0.15) is 5.10 Å². The Labute approximate surface area is 177 Å². The van der Waals surface area contributed by atoms with Crippen molar-refractivity contribution in [3.05, 3.63) is 83.4 Å². The molecular formula is C23H19N3O5. The Kier molecular flexibility index (Phi) is 4.39. The second kappa shape index (κ2) is 7.24. The van der Waals surface area contributed by atoms with Crippen molar-refractivity contribution in [1.82, 2.24) is 15.1 Å². The number of carbonyl (C=O) groups is 1. The third kappa shape index (κ3) is 3.00. The van der Waals surface area contributed by atoms with E-state index < -0.39 is 6.04 Å². The molecule has 1 aliphatic heterocycles. The Hall–Kier alpha value is -4.20. The number of methoxy groups -OCH3 is 1. The van der Waals surface area contributed by atoms with E-state index in [4.69, 9.17) is 9.15 Å². The second-order valence-corrected chi connectivity index (χ2v) is 7.22. The summed E-state index contributed by atoms with van der Waals surface area (Å²) < 4.78 is 10.8. The van der Waals surface area contributed by atoms with E-state index in [1.165, 1.54) is 13.2 Å². The van der Waals surface area contributed by atoms with Crippen LogP contribution in [0.2, 0.25) is 0 Å². The number of aromatic hydroxyl groups is 2. The number of amides is 1. The number of aromatic amines is 1. The number of aromatic nitrogens is 2. The summed E-state index contributed by atoms with van der Waals surface area (Å²) in [6.07, 6.45) is 1.56. The van der Waals surface area contributed by atoms with Gasteiger partial charge in [0.25, 0.3) is 5.91 Å². The zero-order valence-electron chi connectivity index (χ0n) is 16.6. The molecule has 1 amide bonds. The van der Waals surface area contributed by atoms with Crippen LogP contribution in [0.4, 0.5) is 0 Å². The van der Waals surface area contributed by atoms with Gasteiger partial charge in [-0.1, -0.05) is 18.2 Å². The number of carbonyl (C=O) groups excluding carboxylic acids is 1. The maximum absolute atomic E-state index is 13.3. The highest BCUT2D eigenvalue weighted by molar-refractivity contribution is 6.00. The average Bonchev–Trinajstić information content (AvgIpc) is 3.49. The molecule has 8 nitrogen and oxygen atoms in total. The molecule has 31 heavy (non-hydrogen) atoms. The standard InChI is InChI=1S/C23H19N3O5/c1-30-18-11-13(8-9-17(18)28)22-19-20(15-6-2-3-7-16(15)27)24-25-21(19)23(29)26(22)12-14-5-4-10-31-14/h2-11,22,27-28H,12H2,1H3,(H,24,25). The summed E-state index contributed by atoms with van der Waals surface area (Å²) in [6.45, 7) is 0.239. The first kappa shape index (κ1) is 18.8. The number of nitrogens with zero attached hydrogens (tertiary/aromatic N) is 2. The van der Waals surface area contributed by atoms with Gasteiger partial charge in [0.1, 0.15) is 22.9 Å². The number of para-hydroxylation sites is 1. The highest BCUT2D eigenvalue weighted by Gasteiger charge is 2.43. The summed E-state index contributed by atoms with van der Waals surface area (Å²) in [5.41, 5.74) is 2.72. The lowest BCUT2D eigenvalue weighted by Crippen LogP contribution is -2.29. The number of hydrogen-bond donors (Lipinski definition) is 3. The van der Waals surface area contributed by atoms with Gasteiger partial charge in [-0.25, -0.2) is 0 Å². The molecule has 0 bridgehead atoms. The van der Waals surface area contributed by atoms with Gasteiger partial charge in [-0.3, -0.25) is 9.89 Å². The average molecular weight is 417 g/mol. The van der Waals surface area contributed by atoms with Crippen molar-refractivity contribution in [3.8, 4) is 28.5 Å². The largest absolute Gasteiger partial charge is 0.507 e. The van der Waals surface area contributed by atoms with Crippen LogP contribution >= 0.6 is 0 Å². The number of phenolic OH excluding ortho intramolecular Hbond substituents is 2. The lowest BCUT2D eigenvalue weighted by atomic mass is 9.95. The van der Waals surface area contributed by atoms with Gasteiger partial charge in [0, 0.05) is 11.1 Å². The van der Waals surface area contributed by atoms with Crippen LogP contribution in [0.25, 0.3) is 11.3 Å². The zero-order valence-corrected chi connectivity index (χ0v) is 16.6. The van der Waals surface area contributed by atoms with Gasteiger partial charge in [0.2, 0.25) is 0 Å². The Balaban J connectivity index is 1.70. The van der Waals surface area contributed by atoms with Gasteiger partial charge in [0.05, 0.1) is 26.0 Å². The molecule has 0 radical (unpaired) electrons. The fourth-order valence-electron chi connectivity index (χ4n) is 4.02. The minimum Gasteiger partial charge on any atom is -0.507 e. The normalized spacial score (nSPS) is 15.3. The number of rotatable bonds is 5. The fourth-order valence-corrected chi connectivity index (χ4v) is 4.02. The molecule has 1 unspecified atom stereocenters. The number of hydrogen-bond acceptors (Lipinski definition) is 6. The topological polar surface area (TPSA) is 112 Å². The third-order valence-electron chi connectivity index (χ3n) is 5.45. The Morgan fingerprint density at radius 1 is 1.13 bits per heavy atom. The Bertz CT molecular complexity index is 1260. The van der Waals surface area contributed by atoms with E-state index in [0.717, 1.165) is 5.56 Å². The number of fused-ring (bicyclic) bond motifs is 1. The number of H-pyrrole nitrogens is 1. The van der Waals surface area contributed by atoms with E-state index in [1.54, 1.807) is 59.7 Å². The predicted octanol–water partition coefficient (Wildman–Crippen LogP) is 3.83. The summed E-state index contributed by atoms with van der Waals surface area (Å²) in [4.78, 5) is 15.0. The summed E-state index contributed by atoms with van der Waals surface area (Å²) in [5.74, 6) is 0.755. The smallest absolute Gasteiger partial charge is 0.273 e. The monoisotopic (exact) mass is 417 g/mol. The molecule has 3 N–H and O–H groups in total. The van der Waals surface area contributed by atoms with E-state index in [-0.39, 0.29) is 24.0 Å². The summed E-state index contributed by atoms with van der Waals surface area (Å²) in [6, 6.07) is 14.8. The molecule has 2 aromatic carbocycles. The minimum atomic E-state index is -0.532. The number of phenols is 2. The predicted molar refractivity (Wildman–Crippen MR) is 111 cm³/mol. The summed E-state index contributed by atoms with van der Waals surface area (Å²) >= 11 is 0. The highest BCUT2D eigenvalue weighted by Crippen LogP contribution is 2.46. The lowest BCUT2D eigenvalue weighted by molar-refractivity contribution is 0.0717. The van der Waals surface area contributed by atoms with Crippen molar-refractivity contribution in [3.63, 3.8) is 0 Å². The number of nitrogens with one attached hydrogen (secondary N) is 1. The lowest BCUT2D eigenvalue weighted by Gasteiger charge is -2.26. The van der Waals surface area contributed by atoms with Gasteiger partial charge >= 0.3 is 0 Å². The Morgan fingerprint density at radius 3 is 2.71 bits per heavy atom. The molecule has 0 fully saturated rings. The molecule has 0 aliphatic carbocycles. The zero-order chi connectivity index (χ0) is 21.5. The van der Waals surface area contributed by atoms with Crippen LogP contribution in [-0.2, 0) is 6.54 Å². The Morgan fingerprint density at radius 2 is 1.97 bits per heavy atom. The van der Waals surface area contributed by atoms with E-state index in [1.807, 2.05) is 0 Å². The molecule has 156 valence electrons. The van der Waals surface area contributed by atoms with Crippen molar-refractivity contribution in [2.24, 2.45) is 0 Å². The third-order valence-corrected chi connectivity index (χ3v) is 5.45. The maximum atomic E-state index is 13.3. The van der Waals surface area contributed by atoms with Crippen LogP contribution in [0.3, 0.4) is 0 Å². The minimum absolute atomic E-state index is 0.00139. The van der Waals surface area contributed by atoms with E-state index in [9.17, 15) is 15.0 Å². The van der Waals surface area contributed by atoms with Crippen LogP contribution in [0.15, 0.2) is 65.3 Å². The van der Waals surface area contributed by atoms with Crippen molar-refractivity contribution < 1.29 is 24.2 Å². The fraction of sp³-hybridized carbons (Fsp3) is 0.130. The van der Waals surface area contributed by atoms with Gasteiger partial charge < -0.3 is 24.3 Å². The number of ether oxygens (including phenoxy) is 1. The molecule has 0 spiro atoms. The molecule has 3 heterocycles. The second-order valence-electron chi connectivity index (χ2n) is 7.22. The molecule has 0 saturated carbocycles. The first-order valence-corrected chi connectivity index (χ1v) is 9.65. The van der Waals surface area contributed by atoms with Crippen LogP contribution in [0.5, 0.6) is 17.2 Å². The molecule has 2 aromatic heterocycles. The van der Waals surface area contributed by atoms with Gasteiger partial charge in [0.15, 0.2) is 11.5 Å². The summed E-state index contributed by atoms with van der Waals surface area (Å²) in [7, 11) is 1.47. The molecule has 1 atom stereocenters. The van der Waals surface area contributed by atoms with E-state index in [2.05, 4.69) is 10.2 Å². The molecule has 8 heteroatoms. The van der Waals surface area contributed by atoms with Crippen LogP contribution in [-0.4, -0.2) is 38.3 Å². The van der Waals surface area contributed by atoms with Gasteiger partial charge in [-0.05, 0) is 42.0 Å². The van der Waals surface area contributed by atoms with Crippen LogP contribution in [0.1, 0.15) is 33.4 Å². The quantitative estimate of drug-likeness (QED) is 0.455. The molecule has 5 rings (SSSR count). The van der Waals surface area contributed by atoms with Crippen molar-refractivity contribution in [1.29, 1.82) is 0 Å². The SMILES string of the molecule is COc1cc(C2c3c(-c4ccccc4O)n[nH]c3C(=O)N2Cc2ccco2)ccc1O. The molecule has 1 aliphatic rings. The maximum Gasteiger partial charge on any atom is 0.273 e. The van der Waals surface area contributed by atoms with Crippen molar-refractivity contribution in [2.75, 3.05) is 7.11 Å². The van der Waals surface area contributed by atoms with E-state index in [0.29, 0.717) is 34.0 Å². The van der Waals surface area contributed by atoms with Crippen LogP contribution in [0, 0.1) is 0 Å². The van der Waals surface area contributed by atoms with Crippen LogP contribution < -0.4 is 4.74 Å².